The Bertz CT molecular complexity index is 1260. The Balaban J connectivity index is 2.76. The quantitative estimate of drug-likeness (QED) is 0.448. The molecule has 0 unspecified atom stereocenters. The fraction of sp³-hybridized carbons (Fsp3) is 0.312. The number of hydrogen-bond donors (Lipinski definition) is 3. The number of aromatic hydroxyl groups is 1. The Labute approximate surface area is 166 Å². The van der Waals surface area contributed by atoms with Gasteiger partial charge < -0.3 is 5.11 Å². The fourth-order valence-corrected chi connectivity index (χ4v) is 3.97. The van der Waals surface area contributed by atoms with Gasteiger partial charge in [0.1, 0.15) is 16.3 Å². The van der Waals surface area contributed by atoms with Gasteiger partial charge in [-0.15, -0.1) is 10.2 Å². The highest BCUT2D eigenvalue weighted by molar-refractivity contribution is 7.86. The first kappa shape index (κ1) is 22.7. The van der Waals surface area contributed by atoms with E-state index in [4.69, 9.17) is 4.55 Å². The molecule has 1 heterocycles. The van der Waals surface area contributed by atoms with Gasteiger partial charge in [0, 0.05) is 12.1 Å². The molecule has 0 saturated heterocycles. The molecule has 1 aromatic carbocycles. The molecule has 29 heavy (non-hydrogen) atoms. The largest absolute Gasteiger partial charge is 0.494 e. The summed E-state index contributed by atoms with van der Waals surface area (Å²) in [6.45, 7) is 4.43. The third kappa shape index (κ3) is 5.06. The molecule has 11 nitrogen and oxygen atoms in total. The zero-order valence-corrected chi connectivity index (χ0v) is 17.3. The van der Waals surface area contributed by atoms with Crippen molar-refractivity contribution in [2.75, 3.05) is 0 Å². The lowest BCUT2D eigenvalue weighted by atomic mass is 10.1. The lowest BCUT2D eigenvalue weighted by molar-refractivity contribution is 0.403. The summed E-state index contributed by atoms with van der Waals surface area (Å²) in [5.74, 6) is -1.60. The van der Waals surface area contributed by atoms with Crippen molar-refractivity contribution in [3.63, 3.8) is 0 Å². The van der Waals surface area contributed by atoms with Crippen LogP contribution in [0.2, 0.25) is 0 Å². The summed E-state index contributed by atoms with van der Waals surface area (Å²) in [6.07, 6.45) is 0. The molecule has 0 aliphatic carbocycles. The van der Waals surface area contributed by atoms with Gasteiger partial charge in [0.25, 0.3) is 25.8 Å². The van der Waals surface area contributed by atoms with E-state index in [2.05, 4.69) is 10.2 Å². The van der Waals surface area contributed by atoms with Crippen molar-refractivity contribution in [3.8, 4) is 5.88 Å². The topological polar surface area (TPSA) is 176 Å². The summed E-state index contributed by atoms with van der Waals surface area (Å²) >= 11 is 0. The third-order valence-electron chi connectivity index (χ3n) is 4.07. The summed E-state index contributed by atoms with van der Waals surface area (Å²) in [5.41, 5.74) is -1.09. The van der Waals surface area contributed by atoms with E-state index in [0.29, 0.717) is 5.56 Å². The molecular weight excluding hydrogens is 426 g/mol. The molecule has 0 bridgehead atoms. The number of azo groups is 1. The highest BCUT2D eigenvalue weighted by atomic mass is 32.2. The van der Waals surface area contributed by atoms with Crippen LogP contribution in [0.1, 0.15) is 23.6 Å². The van der Waals surface area contributed by atoms with E-state index < -0.39 is 42.3 Å². The van der Waals surface area contributed by atoms with Crippen molar-refractivity contribution >= 4 is 31.6 Å². The Hall–Kier alpha value is -2.61. The molecule has 0 saturated carbocycles. The lowest BCUT2D eigenvalue weighted by Crippen LogP contribution is -2.22. The molecular formula is C16H19N3O8S2. The SMILES string of the molecule is CCn1c(O)c(CS(=O)(=O)O)c(C)c(N=Nc2cc(C)ccc2S(=O)(=O)O)c1=O. The van der Waals surface area contributed by atoms with Crippen LogP contribution in [0.5, 0.6) is 5.88 Å². The maximum absolute atomic E-state index is 12.6. The van der Waals surface area contributed by atoms with E-state index in [0.717, 1.165) is 10.6 Å². The molecule has 13 heteroatoms. The van der Waals surface area contributed by atoms with Gasteiger partial charge >= 0.3 is 0 Å². The number of aryl methyl sites for hydroxylation is 1. The Morgan fingerprint density at radius 2 is 1.69 bits per heavy atom. The zero-order chi connectivity index (χ0) is 22.1. The number of benzene rings is 1. The van der Waals surface area contributed by atoms with E-state index in [1.165, 1.54) is 26.0 Å². The Morgan fingerprint density at radius 3 is 2.21 bits per heavy atom. The van der Waals surface area contributed by atoms with Crippen molar-refractivity contribution in [2.45, 2.75) is 38.0 Å². The van der Waals surface area contributed by atoms with Gasteiger partial charge in [-0.25, -0.2) is 0 Å². The van der Waals surface area contributed by atoms with E-state index >= 15 is 0 Å². The molecule has 0 aliphatic rings. The maximum Gasteiger partial charge on any atom is 0.296 e. The molecule has 0 amide bonds. The fourth-order valence-electron chi connectivity index (χ4n) is 2.65. The first-order valence-electron chi connectivity index (χ1n) is 8.16. The Kier molecular flexibility index (Phi) is 6.27. The summed E-state index contributed by atoms with van der Waals surface area (Å²) in [4.78, 5) is 12.1. The van der Waals surface area contributed by atoms with Crippen LogP contribution in [0.3, 0.4) is 0 Å². The number of nitrogens with zero attached hydrogens (tertiary/aromatic N) is 3. The summed E-state index contributed by atoms with van der Waals surface area (Å²) in [5, 5.41) is 17.7. The van der Waals surface area contributed by atoms with Crippen molar-refractivity contribution in [2.24, 2.45) is 10.2 Å². The van der Waals surface area contributed by atoms with Gasteiger partial charge in [-0.2, -0.15) is 16.8 Å². The first-order valence-corrected chi connectivity index (χ1v) is 11.2. The molecule has 0 atom stereocenters. The minimum absolute atomic E-state index is 0.0351. The Morgan fingerprint density at radius 1 is 1.07 bits per heavy atom. The summed E-state index contributed by atoms with van der Waals surface area (Å²) in [6, 6.07) is 3.87. The first-order chi connectivity index (χ1) is 13.3. The molecule has 0 fully saturated rings. The van der Waals surface area contributed by atoms with Crippen LogP contribution in [0, 0.1) is 13.8 Å². The van der Waals surface area contributed by atoms with Gasteiger partial charge in [0.15, 0.2) is 11.6 Å². The molecule has 0 radical (unpaired) electrons. The van der Waals surface area contributed by atoms with Crippen LogP contribution < -0.4 is 5.56 Å². The second kappa shape index (κ2) is 8.02. The van der Waals surface area contributed by atoms with E-state index in [9.17, 15) is 31.3 Å². The molecule has 0 spiro atoms. The van der Waals surface area contributed by atoms with Crippen molar-refractivity contribution in [1.29, 1.82) is 0 Å². The van der Waals surface area contributed by atoms with Crippen molar-refractivity contribution in [3.05, 3.63) is 45.2 Å². The smallest absolute Gasteiger partial charge is 0.296 e. The van der Waals surface area contributed by atoms with Crippen LogP contribution in [0.4, 0.5) is 11.4 Å². The zero-order valence-electron chi connectivity index (χ0n) is 15.7. The highest BCUT2D eigenvalue weighted by Crippen LogP contribution is 2.31. The van der Waals surface area contributed by atoms with Gasteiger partial charge in [0.2, 0.25) is 0 Å². The minimum Gasteiger partial charge on any atom is -0.494 e. The van der Waals surface area contributed by atoms with Gasteiger partial charge in [-0.1, -0.05) is 6.07 Å². The van der Waals surface area contributed by atoms with E-state index in [1.807, 2.05) is 0 Å². The molecule has 3 N–H and O–H groups in total. The van der Waals surface area contributed by atoms with Gasteiger partial charge in [0.05, 0.1) is 0 Å². The van der Waals surface area contributed by atoms with Crippen LogP contribution in [0.15, 0.2) is 38.1 Å². The average molecular weight is 445 g/mol. The molecule has 2 aromatic rings. The van der Waals surface area contributed by atoms with Crippen LogP contribution in [-0.4, -0.2) is 35.6 Å². The molecule has 2 rings (SSSR count). The third-order valence-corrected chi connectivity index (χ3v) is 5.63. The lowest BCUT2D eigenvalue weighted by Gasteiger charge is -2.14. The minimum atomic E-state index is -4.62. The number of aromatic nitrogens is 1. The maximum atomic E-state index is 12.6. The predicted molar refractivity (Wildman–Crippen MR) is 103 cm³/mol. The van der Waals surface area contributed by atoms with Gasteiger partial charge in [-0.05, 0) is 44.0 Å². The second-order valence-electron chi connectivity index (χ2n) is 6.20. The highest BCUT2D eigenvalue weighted by Gasteiger charge is 2.22. The van der Waals surface area contributed by atoms with Crippen LogP contribution in [0.25, 0.3) is 0 Å². The van der Waals surface area contributed by atoms with E-state index in [-0.39, 0.29) is 29.0 Å². The average Bonchev–Trinajstić information content (AvgIpc) is 2.57. The molecule has 158 valence electrons. The van der Waals surface area contributed by atoms with Crippen molar-refractivity contribution < 1.29 is 31.0 Å². The normalized spacial score (nSPS) is 12.6. The molecule has 0 aliphatic heterocycles. The van der Waals surface area contributed by atoms with Gasteiger partial charge in [-0.3, -0.25) is 18.5 Å². The second-order valence-corrected chi connectivity index (χ2v) is 9.04. The van der Waals surface area contributed by atoms with Crippen LogP contribution >= 0.6 is 0 Å². The van der Waals surface area contributed by atoms with Crippen LogP contribution in [-0.2, 0) is 32.5 Å². The number of hydrogen-bond acceptors (Lipinski definition) is 8. The van der Waals surface area contributed by atoms with E-state index in [1.54, 1.807) is 6.92 Å². The number of rotatable bonds is 6. The monoisotopic (exact) mass is 445 g/mol. The standard InChI is InChI=1S/C16H19N3O8S2/c1-4-19-15(20)11(8-28(22,23)24)10(3)14(16(19)21)18-17-12-7-9(2)5-6-13(12)29(25,26)27/h5-7,20H,4,8H2,1-3H3,(H,22,23,24)(H,25,26,27). The number of pyridine rings is 1. The summed E-state index contributed by atoms with van der Waals surface area (Å²) in [7, 11) is -9.15. The summed E-state index contributed by atoms with van der Waals surface area (Å²) < 4.78 is 64.9. The predicted octanol–water partition coefficient (Wildman–Crippen LogP) is 2.24. The van der Waals surface area contributed by atoms with Crippen molar-refractivity contribution in [1.82, 2.24) is 4.57 Å². The molecule has 1 aromatic heterocycles.